The van der Waals surface area contributed by atoms with Crippen LogP contribution in [0.1, 0.15) is 25.3 Å². The van der Waals surface area contributed by atoms with Crippen molar-refractivity contribution >= 4 is 51.2 Å². The summed E-state index contributed by atoms with van der Waals surface area (Å²) in [6.45, 7) is 2.36. The normalized spacial score (nSPS) is 10.6. The van der Waals surface area contributed by atoms with Crippen LogP contribution in [0.4, 0.5) is 15.8 Å². The average molecular weight is 585 g/mol. The first kappa shape index (κ1) is 28.3. The Balaban J connectivity index is 1.51. The number of unbranched alkanes of at least 4 members (excludes halogenated alkanes) is 1. The van der Waals surface area contributed by atoms with Crippen molar-refractivity contribution in [3.05, 3.63) is 82.6 Å². The number of halogens is 2. The fraction of sp³-hybridized carbons (Fsp3) is 0.185. The Bertz CT molecular complexity index is 1280. The number of rotatable bonds is 11. The lowest BCUT2D eigenvalue weighted by atomic mass is 10.2. The number of hydrazone groups is 1. The molecule has 38 heavy (non-hydrogen) atoms. The van der Waals surface area contributed by atoms with Gasteiger partial charge < -0.3 is 20.1 Å². The molecule has 0 aliphatic heterocycles. The van der Waals surface area contributed by atoms with E-state index < -0.39 is 23.5 Å². The van der Waals surface area contributed by atoms with Crippen LogP contribution in [0.3, 0.4) is 0 Å². The molecule has 0 aliphatic rings. The molecule has 3 aromatic rings. The molecule has 0 radical (unpaired) electrons. The third-order valence-corrected chi connectivity index (χ3v) is 5.41. The highest BCUT2D eigenvalue weighted by Gasteiger charge is 2.13. The molecule has 0 saturated heterocycles. The van der Waals surface area contributed by atoms with E-state index in [4.69, 9.17) is 9.47 Å². The smallest absolute Gasteiger partial charge is 0.329 e. The van der Waals surface area contributed by atoms with Gasteiger partial charge in [0.1, 0.15) is 17.3 Å². The van der Waals surface area contributed by atoms with Crippen molar-refractivity contribution in [3.63, 3.8) is 0 Å². The molecular weight excluding hydrogens is 559 g/mol. The van der Waals surface area contributed by atoms with Gasteiger partial charge in [0.05, 0.1) is 12.8 Å². The standard InChI is InChI=1S/C27H26BrFN4O5/c1-2-3-14-37-23-11-9-22(10-12-23)32-26(35)27(36)33-30-16-18-15-19(28)4-13-24(18)38-17-25(34)31-21-7-5-20(29)6-8-21/h4-13,15-16H,2-3,14,17H2,1H3,(H,31,34)(H,32,35)(H,33,36)/b30-16-. The Morgan fingerprint density at radius 2 is 1.61 bits per heavy atom. The first-order valence-corrected chi connectivity index (χ1v) is 12.5. The highest BCUT2D eigenvalue weighted by atomic mass is 79.9. The second-order valence-corrected chi connectivity index (χ2v) is 8.82. The van der Waals surface area contributed by atoms with Crippen molar-refractivity contribution in [1.29, 1.82) is 0 Å². The zero-order valence-corrected chi connectivity index (χ0v) is 22.1. The highest BCUT2D eigenvalue weighted by molar-refractivity contribution is 9.10. The van der Waals surface area contributed by atoms with Crippen molar-refractivity contribution < 1.29 is 28.2 Å². The summed E-state index contributed by atoms with van der Waals surface area (Å²) in [5.74, 6) is -1.75. The van der Waals surface area contributed by atoms with Gasteiger partial charge in [-0.2, -0.15) is 5.10 Å². The predicted molar refractivity (Wildman–Crippen MR) is 146 cm³/mol. The number of ether oxygens (including phenoxy) is 2. The first-order chi connectivity index (χ1) is 18.3. The monoisotopic (exact) mass is 584 g/mol. The second-order valence-electron chi connectivity index (χ2n) is 7.91. The molecule has 198 valence electrons. The van der Waals surface area contributed by atoms with Crippen LogP contribution < -0.4 is 25.5 Å². The Morgan fingerprint density at radius 3 is 2.32 bits per heavy atom. The van der Waals surface area contributed by atoms with Crippen LogP contribution in [0.5, 0.6) is 11.5 Å². The fourth-order valence-corrected chi connectivity index (χ4v) is 3.37. The molecular formula is C27H26BrFN4O5. The zero-order valence-electron chi connectivity index (χ0n) is 20.5. The summed E-state index contributed by atoms with van der Waals surface area (Å²) < 4.78 is 24.9. The number of nitrogens with zero attached hydrogens (tertiary/aromatic N) is 1. The minimum Gasteiger partial charge on any atom is -0.494 e. The molecule has 11 heteroatoms. The lowest BCUT2D eigenvalue weighted by molar-refractivity contribution is -0.136. The summed E-state index contributed by atoms with van der Waals surface area (Å²) in [7, 11) is 0. The van der Waals surface area contributed by atoms with Gasteiger partial charge in [-0.05, 0) is 73.2 Å². The van der Waals surface area contributed by atoms with Crippen LogP contribution in [0, 0.1) is 5.82 Å². The van der Waals surface area contributed by atoms with Gasteiger partial charge in [0.2, 0.25) is 0 Å². The number of amides is 3. The lowest BCUT2D eigenvalue weighted by Gasteiger charge is -2.10. The SMILES string of the molecule is CCCCOc1ccc(NC(=O)C(=O)N/N=C\c2cc(Br)ccc2OCC(=O)Nc2ccc(F)cc2)cc1. The molecule has 3 aromatic carbocycles. The molecule has 0 aromatic heterocycles. The third kappa shape index (κ3) is 9.32. The number of hydrogen-bond donors (Lipinski definition) is 3. The Kier molecular flexibility index (Phi) is 10.8. The van der Waals surface area contributed by atoms with E-state index in [2.05, 4.69) is 44.0 Å². The van der Waals surface area contributed by atoms with E-state index in [9.17, 15) is 18.8 Å². The number of benzene rings is 3. The largest absolute Gasteiger partial charge is 0.494 e. The molecule has 9 nitrogen and oxygen atoms in total. The maximum absolute atomic E-state index is 13.0. The summed E-state index contributed by atoms with van der Waals surface area (Å²) in [5, 5.41) is 8.90. The molecule has 0 bridgehead atoms. The van der Waals surface area contributed by atoms with Crippen molar-refractivity contribution in [1.82, 2.24) is 5.43 Å². The lowest BCUT2D eigenvalue weighted by Crippen LogP contribution is -2.32. The van der Waals surface area contributed by atoms with Crippen molar-refractivity contribution in [2.75, 3.05) is 23.8 Å². The molecule has 0 fully saturated rings. The molecule has 0 saturated carbocycles. The van der Waals surface area contributed by atoms with Crippen LogP contribution >= 0.6 is 15.9 Å². The molecule has 3 amide bonds. The van der Waals surface area contributed by atoms with Gasteiger partial charge in [-0.3, -0.25) is 14.4 Å². The average Bonchev–Trinajstić information content (AvgIpc) is 2.90. The van der Waals surface area contributed by atoms with Gasteiger partial charge in [0.15, 0.2) is 6.61 Å². The summed E-state index contributed by atoms with van der Waals surface area (Å²) in [5.41, 5.74) is 3.45. The Hall–Kier alpha value is -4.25. The van der Waals surface area contributed by atoms with Crippen LogP contribution in [0.2, 0.25) is 0 Å². The van der Waals surface area contributed by atoms with E-state index in [1.807, 2.05) is 0 Å². The molecule has 0 unspecified atom stereocenters. The zero-order chi connectivity index (χ0) is 27.3. The Morgan fingerprint density at radius 1 is 0.921 bits per heavy atom. The first-order valence-electron chi connectivity index (χ1n) is 11.7. The number of hydrogen-bond acceptors (Lipinski definition) is 6. The number of anilines is 2. The summed E-state index contributed by atoms with van der Waals surface area (Å²) in [6, 6.07) is 17.0. The number of nitrogens with one attached hydrogen (secondary N) is 3. The maximum atomic E-state index is 13.0. The molecule has 0 aliphatic carbocycles. The van der Waals surface area contributed by atoms with Gasteiger partial charge in [-0.1, -0.05) is 29.3 Å². The molecule has 0 atom stereocenters. The quantitative estimate of drug-likeness (QED) is 0.128. The van der Waals surface area contributed by atoms with E-state index in [0.29, 0.717) is 39.5 Å². The van der Waals surface area contributed by atoms with Crippen LogP contribution in [0.15, 0.2) is 76.3 Å². The minimum absolute atomic E-state index is 0.311. The fourth-order valence-electron chi connectivity index (χ4n) is 2.99. The number of carbonyl (C=O) groups is 3. The van der Waals surface area contributed by atoms with Crippen molar-refractivity contribution in [2.45, 2.75) is 19.8 Å². The summed E-state index contributed by atoms with van der Waals surface area (Å²) in [6.07, 6.45) is 3.25. The van der Waals surface area contributed by atoms with Crippen LogP contribution in [0.25, 0.3) is 0 Å². The summed E-state index contributed by atoms with van der Waals surface area (Å²) >= 11 is 3.34. The topological polar surface area (TPSA) is 118 Å². The Labute approximate surface area is 227 Å². The molecule has 3 N–H and O–H groups in total. The van der Waals surface area contributed by atoms with Gasteiger partial charge in [0, 0.05) is 21.4 Å². The van der Waals surface area contributed by atoms with E-state index in [0.717, 1.165) is 12.8 Å². The second kappa shape index (κ2) is 14.5. The van der Waals surface area contributed by atoms with Crippen LogP contribution in [-0.2, 0) is 14.4 Å². The van der Waals surface area contributed by atoms with E-state index >= 15 is 0 Å². The van der Waals surface area contributed by atoms with Crippen LogP contribution in [-0.4, -0.2) is 37.1 Å². The van der Waals surface area contributed by atoms with E-state index in [1.54, 1.807) is 42.5 Å². The van der Waals surface area contributed by atoms with Crippen molar-refractivity contribution in [3.8, 4) is 11.5 Å². The molecule has 3 rings (SSSR count). The number of carbonyl (C=O) groups excluding carboxylic acids is 3. The maximum Gasteiger partial charge on any atom is 0.329 e. The van der Waals surface area contributed by atoms with Gasteiger partial charge in [-0.25, -0.2) is 9.82 Å². The van der Waals surface area contributed by atoms with Crippen molar-refractivity contribution in [2.24, 2.45) is 5.10 Å². The van der Waals surface area contributed by atoms with E-state index in [1.165, 1.54) is 30.5 Å². The predicted octanol–water partition coefficient (Wildman–Crippen LogP) is 4.87. The van der Waals surface area contributed by atoms with Gasteiger partial charge in [0.25, 0.3) is 5.91 Å². The van der Waals surface area contributed by atoms with Gasteiger partial charge in [-0.15, -0.1) is 0 Å². The van der Waals surface area contributed by atoms with E-state index in [-0.39, 0.29) is 6.61 Å². The molecule has 0 heterocycles. The molecule has 0 spiro atoms. The summed E-state index contributed by atoms with van der Waals surface area (Å²) in [4.78, 5) is 36.5. The van der Waals surface area contributed by atoms with Gasteiger partial charge >= 0.3 is 11.8 Å². The minimum atomic E-state index is -0.972. The highest BCUT2D eigenvalue weighted by Crippen LogP contribution is 2.22. The third-order valence-electron chi connectivity index (χ3n) is 4.91.